The largest absolute Gasteiger partial charge is 0.362 e. The molecule has 1 saturated heterocycles. The third kappa shape index (κ3) is 4.22. The minimum absolute atomic E-state index is 0.0496. The molecule has 1 aromatic heterocycles. The topological polar surface area (TPSA) is 114 Å². The van der Waals surface area contributed by atoms with Gasteiger partial charge in [0, 0.05) is 38.8 Å². The Hall–Kier alpha value is -3.01. The summed E-state index contributed by atoms with van der Waals surface area (Å²) in [5, 5.41) is 6.47. The zero-order chi connectivity index (χ0) is 19.6. The van der Waals surface area contributed by atoms with Crippen LogP contribution >= 0.6 is 0 Å². The summed E-state index contributed by atoms with van der Waals surface area (Å²) < 4.78 is 29.8. The van der Waals surface area contributed by atoms with E-state index in [-0.39, 0.29) is 16.1 Å². The van der Waals surface area contributed by atoms with Crippen molar-refractivity contribution in [3.05, 3.63) is 52.4 Å². The molecule has 10 heteroatoms. The van der Waals surface area contributed by atoms with Gasteiger partial charge < -0.3 is 10.2 Å². The Kier molecular flexibility index (Phi) is 5.08. The molecule has 2 aromatic rings. The van der Waals surface area contributed by atoms with Crippen LogP contribution in [0.4, 0.5) is 5.69 Å². The summed E-state index contributed by atoms with van der Waals surface area (Å²) in [6, 6.07) is 8.30. The number of aromatic nitrogens is 2. The molecule has 1 fully saturated rings. The predicted octanol–water partition coefficient (Wildman–Crippen LogP) is 0.845. The van der Waals surface area contributed by atoms with E-state index in [1.165, 1.54) is 43.4 Å². The van der Waals surface area contributed by atoms with Crippen LogP contribution in [0.15, 0.2) is 50.5 Å². The molecule has 0 unspecified atom stereocenters. The van der Waals surface area contributed by atoms with Crippen LogP contribution in [0.3, 0.4) is 0 Å². The van der Waals surface area contributed by atoms with Gasteiger partial charge in [0.2, 0.25) is 0 Å². The van der Waals surface area contributed by atoms with Crippen LogP contribution in [0, 0.1) is 0 Å². The lowest BCUT2D eigenvalue weighted by Gasteiger charge is -2.11. The highest BCUT2D eigenvalue weighted by molar-refractivity contribution is 7.90. The molecular weight excluding hydrogens is 370 g/mol. The zero-order valence-electron chi connectivity index (χ0n) is 14.9. The van der Waals surface area contributed by atoms with Crippen LogP contribution in [-0.2, 0) is 17.1 Å². The van der Waals surface area contributed by atoms with Gasteiger partial charge in [-0.2, -0.15) is 13.5 Å². The van der Waals surface area contributed by atoms with Crippen molar-refractivity contribution in [1.82, 2.24) is 14.7 Å². The van der Waals surface area contributed by atoms with E-state index in [9.17, 15) is 18.0 Å². The lowest BCUT2D eigenvalue weighted by molar-refractivity contribution is 0.102. The van der Waals surface area contributed by atoms with Crippen LogP contribution in [-0.4, -0.2) is 48.4 Å². The number of carbonyl (C=O) groups excluding carboxylic acids is 1. The number of amidine groups is 1. The molecule has 0 aliphatic carbocycles. The van der Waals surface area contributed by atoms with E-state index >= 15 is 0 Å². The van der Waals surface area contributed by atoms with Crippen molar-refractivity contribution in [2.75, 3.05) is 18.9 Å². The number of sulfonamides is 1. The Morgan fingerprint density at radius 1 is 1.15 bits per heavy atom. The fourth-order valence-corrected chi connectivity index (χ4v) is 3.72. The molecule has 0 saturated carbocycles. The van der Waals surface area contributed by atoms with Crippen molar-refractivity contribution in [3.63, 3.8) is 0 Å². The second-order valence-corrected chi connectivity index (χ2v) is 7.77. The first-order chi connectivity index (χ1) is 12.8. The van der Waals surface area contributed by atoms with E-state index in [2.05, 4.69) is 14.8 Å². The Morgan fingerprint density at radius 2 is 1.85 bits per heavy atom. The van der Waals surface area contributed by atoms with E-state index < -0.39 is 15.9 Å². The van der Waals surface area contributed by atoms with Crippen molar-refractivity contribution in [2.24, 2.45) is 11.4 Å². The van der Waals surface area contributed by atoms with Gasteiger partial charge in [-0.3, -0.25) is 9.59 Å². The van der Waals surface area contributed by atoms with Crippen LogP contribution in [0.25, 0.3) is 0 Å². The Balaban J connectivity index is 1.76. The van der Waals surface area contributed by atoms with Crippen LogP contribution in [0.5, 0.6) is 0 Å². The maximum absolute atomic E-state index is 12.4. The number of anilines is 1. The molecule has 27 heavy (non-hydrogen) atoms. The fraction of sp³-hybridized carbons (Fsp3) is 0.294. The number of hydrogen-bond acceptors (Lipinski definition) is 5. The molecule has 1 aliphatic rings. The van der Waals surface area contributed by atoms with E-state index in [1.807, 2.05) is 11.9 Å². The monoisotopic (exact) mass is 389 g/mol. The van der Waals surface area contributed by atoms with Crippen molar-refractivity contribution in [2.45, 2.75) is 17.7 Å². The van der Waals surface area contributed by atoms with Gasteiger partial charge >= 0.3 is 0 Å². The van der Waals surface area contributed by atoms with E-state index in [0.717, 1.165) is 17.6 Å². The second-order valence-electron chi connectivity index (χ2n) is 6.17. The summed E-state index contributed by atoms with van der Waals surface area (Å²) in [4.78, 5) is 25.4. The summed E-state index contributed by atoms with van der Waals surface area (Å²) in [7, 11) is -0.542. The van der Waals surface area contributed by atoms with Gasteiger partial charge in [-0.05, 0) is 36.8 Å². The van der Waals surface area contributed by atoms with Crippen LogP contribution in [0.1, 0.15) is 23.3 Å². The number of amides is 1. The second kappa shape index (κ2) is 7.31. The lowest BCUT2D eigenvalue weighted by atomic mass is 10.3. The maximum Gasteiger partial charge on any atom is 0.283 e. The van der Waals surface area contributed by atoms with E-state index in [1.54, 1.807) is 0 Å². The number of carbonyl (C=O) groups is 1. The molecule has 142 valence electrons. The van der Waals surface area contributed by atoms with Crippen LogP contribution in [0.2, 0.25) is 0 Å². The van der Waals surface area contributed by atoms with Gasteiger partial charge in [-0.1, -0.05) is 0 Å². The molecule has 0 radical (unpaired) electrons. The smallest absolute Gasteiger partial charge is 0.283 e. The number of benzene rings is 1. The van der Waals surface area contributed by atoms with Gasteiger partial charge in [0.25, 0.3) is 21.5 Å². The molecule has 9 nitrogen and oxygen atoms in total. The van der Waals surface area contributed by atoms with Gasteiger partial charge in [0.05, 0.1) is 4.90 Å². The quantitative estimate of drug-likeness (QED) is 0.829. The third-order valence-corrected chi connectivity index (χ3v) is 5.48. The number of aryl methyl sites for hydroxylation is 1. The summed E-state index contributed by atoms with van der Waals surface area (Å²) >= 11 is 0. The van der Waals surface area contributed by atoms with E-state index in [4.69, 9.17) is 0 Å². The summed E-state index contributed by atoms with van der Waals surface area (Å²) in [5.41, 5.74) is 0.153. The molecule has 1 amide bonds. The molecular formula is C17H19N5O4S. The first-order valence-electron chi connectivity index (χ1n) is 8.27. The molecule has 0 spiro atoms. The fourth-order valence-electron chi connectivity index (χ4n) is 2.63. The minimum atomic E-state index is -3.80. The van der Waals surface area contributed by atoms with Crippen molar-refractivity contribution < 1.29 is 13.2 Å². The Labute approximate surface area is 156 Å². The molecule has 0 bridgehead atoms. The third-order valence-electron chi connectivity index (χ3n) is 4.16. The predicted molar refractivity (Wildman–Crippen MR) is 100 cm³/mol. The average Bonchev–Trinajstić information content (AvgIpc) is 3.02. The highest BCUT2D eigenvalue weighted by Crippen LogP contribution is 2.19. The van der Waals surface area contributed by atoms with Crippen molar-refractivity contribution >= 4 is 27.5 Å². The first kappa shape index (κ1) is 18.8. The minimum Gasteiger partial charge on any atom is -0.362 e. The first-order valence-corrected chi connectivity index (χ1v) is 9.71. The Bertz CT molecular complexity index is 1060. The summed E-state index contributed by atoms with van der Waals surface area (Å²) in [6.45, 7) is 0.790. The van der Waals surface area contributed by atoms with Gasteiger partial charge in [0.15, 0.2) is 0 Å². The normalized spacial score (nSPS) is 15.9. The van der Waals surface area contributed by atoms with Gasteiger partial charge in [0.1, 0.15) is 11.5 Å². The van der Waals surface area contributed by atoms with Gasteiger partial charge in [-0.25, -0.2) is 4.68 Å². The Morgan fingerprint density at radius 3 is 2.44 bits per heavy atom. The molecule has 2 heterocycles. The highest BCUT2D eigenvalue weighted by Gasteiger charge is 2.20. The molecule has 1 N–H and O–H groups in total. The maximum atomic E-state index is 12.4. The number of likely N-dealkylation sites (tertiary alicyclic amines) is 1. The summed E-state index contributed by atoms with van der Waals surface area (Å²) in [6.07, 6.45) is 1.52. The molecule has 1 aliphatic heterocycles. The standard InChI is InChI=1S/C17H19N5O4S/c1-21-11-3-4-15(21)20-27(25,26)13-7-5-12(6-8-13)18-17(24)14-9-10-16(23)22(2)19-14/h5-10H,3-4,11H2,1-2H3,(H,18,24)/b20-15+. The molecule has 3 rings (SSSR count). The highest BCUT2D eigenvalue weighted by atomic mass is 32.2. The van der Waals surface area contributed by atoms with E-state index in [0.29, 0.717) is 17.9 Å². The van der Waals surface area contributed by atoms with Crippen molar-refractivity contribution in [1.29, 1.82) is 0 Å². The SMILES string of the molecule is CN1CCC/C1=N\S(=O)(=O)c1ccc(NC(=O)c2ccc(=O)n(C)n2)cc1. The number of hydrogen-bond donors (Lipinski definition) is 1. The molecule has 1 aromatic carbocycles. The van der Waals surface area contributed by atoms with Crippen LogP contribution < -0.4 is 10.9 Å². The number of nitrogens with zero attached hydrogens (tertiary/aromatic N) is 4. The zero-order valence-corrected chi connectivity index (χ0v) is 15.7. The molecule has 0 atom stereocenters. The average molecular weight is 389 g/mol. The number of nitrogens with one attached hydrogen (secondary N) is 1. The van der Waals surface area contributed by atoms with Gasteiger partial charge in [-0.15, -0.1) is 4.40 Å². The summed E-state index contributed by atoms with van der Waals surface area (Å²) in [5.74, 6) is 0.0437. The van der Waals surface area contributed by atoms with Crippen molar-refractivity contribution in [3.8, 4) is 0 Å². The number of rotatable bonds is 4. The lowest BCUT2D eigenvalue weighted by Crippen LogP contribution is -2.23.